The number of hydrogen-bond acceptors (Lipinski definition) is 4. The Labute approximate surface area is 184 Å². The molecule has 0 aromatic heterocycles. The van der Waals surface area contributed by atoms with Crippen LogP contribution in [0, 0.1) is 0 Å². The summed E-state index contributed by atoms with van der Waals surface area (Å²) in [5, 5.41) is 14.2. The average molecular weight is 411 g/mol. The van der Waals surface area contributed by atoms with Gasteiger partial charge < -0.3 is 21.3 Å². The zero-order chi connectivity index (χ0) is 21.0. The Morgan fingerprint density at radius 2 is 0.700 bits per heavy atom. The summed E-state index contributed by atoms with van der Waals surface area (Å²) in [6, 6.07) is 21.4. The average Bonchev–Trinajstić information content (AvgIpc) is 2.79. The molecule has 0 amide bonds. The molecule has 4 N–H and O–H groups in total. The Hall–Kier alpha value is -1.72. The molecule has 0 heterocycles. The summed E-state index contributed by atoms with van der Waals surface area (Å²) in [5.41, 5.74) is 2.83. The number of benzene rings is 2. The quantitative estimate of drug-likeness (QED) is 0.268. The molecule has 0 aliphatic carbocycles. The molecule has 0 unspecified atom stereocenters. The topological polar surface area (TPSA) is 48.1 Å². The molecule has 0 aliphatic rings. The third-order valence-corrected chi connectivity index (χ3v) is 5.24. The second-order valence-corrected chi connectivity index (χ2v) is 7.89. The van der Waals surface area contributed by atoms with Crippen LogP contribution in [-0.4, -0.2) is 52.4 Å². The number of nitrogens with one attached hydrogen (secondary N) is 4. The minimum absolute atomic E-state index is 1.07. The van der Waals surface area contributed by atoms with Gasteiger partial charge in [-0.3, -0.25) is 0 Å². The maximum atomic E-state index is 3.55. The van der Waals surface area contributed by atoms with Crippen molar-refractivity contribution >= 4 is 0 Å². The molecule has 0 aliphatic heterocycles. The summed E-state index contributed by atoms with van der Waals surface area (Å²) in [4.78, 5) is 0. The molecule has 0 bridgehead atoms. The standard InChI is InChI=1S/C26H42N4/c1-3-11-25(12-4-1)15-23-29-21-9-19-27-17-7-8-18-28-20-10-22-30-24-16-26-13-5-2-6-14-26/h1-6,11-14,27-30H,7-10,15-24H2. The Morgan fingerprint density at radius 1 is 0.367 bits per heavy atom. The van der Waals surface area contributed by atoms with Crippen LogP contribution < -0.4 is 21.3 Å². The van der Waals surface area contributed by atoms with Crippen molar-refractivity contribution < 1.29 is 0 Å². The summed E-state index contributed by atoms with van der Waals surface area (Å²) >= 11 is 0. The first-order valence-electron chi connectivity index (χ1n) is 11.9. The van der Waals surface area contributed by atoms with Gasteiger partial charge in [-0.2, -0.15) is 0 Å². The number of unbranched alkanes of at least 4 members (excludes halogenated alkanes) is 1. The molecular formula is C26H42N4. The van der Waals surface area contributed by atoms with Crippen LogP contribution in [0.1, 0.15) is 36.8 Å². The van der Waals surface area contributed by atoms with Gasteiger partial charge in [0, 0.05) is 0 Å². The second-order valence-electron chi connectivity index (χ2n) is 7.89. The molecule has 4 nitrogen and oxygen atoms in total. The van der Waals surface area contributed by atoms with Gasteiger partial charge in [-0.25, -0.2) is 0 Å². The maximum Gasteiger partial charge on any atom is -0.000834 e. The van der Waals surface area contributed by atoms with Gasteiger partial charge in [-0.15, -0.1) is 0 Å². The summed E-state index contributed by atoms with van der Waals surface area (Å²) < 4.78 is 0. The van der Waals surface area contributed by atoms with Crippen molar-refractivity contribution in [3.8, 4) is 0 Å². The molecule has 2 rings (SSSR count). The van der Waals surface area contributed by atoms with Crippen molar-refractivity contribution in [2.75, 3.05) is 52.4 Å². The lowest BCUT2D eigenvalue weighted by Gasteiger charge is -2.08. The van der Waals surface area contributed by atoms with Crippen LogP contribution in [0.2, 0.25) is 0 Å². The maximum absolute atomic E-state index is 3.55. The molecule has 0 saturated carbocycles. The first kappa shape index (κ1) is 24.5. The SMILES string of the molecule is c1ccc(CCNCCCNCCCCNCCCNCCc2ccccc2)cc1. The van der Waals surface area contributed by atoms with Gasteiger partial charge in [0.1, 0.15) is 0 Å². The molecular weight excluding hydrogens is 368 g/mol. The second kappa shape index (κ2) is 18.1. The summed E-state index contributed by atoms with van der Waals surface area (Å²) in [6.45, 7) is 8.82. The molecule has 166 valence electrons. The molecule has 0 radical (unpaired) electrons. The molecule has 4 heteroatoms. The highest BCUT2D eigenvalue weighted by atomic mass is 14.9. The monoisotopic (exact) mass is 410 g/mol. The highest BCUT2D eigenvalue weighted by molar-refractivity contribution is 5.15. The minimum atomic E-state index is 1.07. The molecule has 0 saturated heterocycles. The van der Waals surface area contributed by atoms with Crippen molar-refractivity contribution in [2.24, 2.45) is 0 Å². The van der Waals surface area contributed by atoms with Crippen LogP contribution in [0.25, 0.3) is 0 Å². The van der Waals surface area contributed by atoms with E-state index in [1.165, 1.54) is 36.8 Å². The van der Waals surface area contributed by atoms with E-state index in [-0.39, 0.29) is 0 Å². The van der Waals surface area contributed by atoms with Crippen molar-refractivity contribution in [2.45, 2.75) is 38.5 Å². The van der Waals surface area contributed by atoms with Crippen molar-refractivity contribution in [3.05, 3.63) is 71.8 Å². The molecule has 0 fully saturated rings. The number of hydrogen-bond donors (Lipinski definition) is 4. The van der Waals surface area contributed by atoms with Crippen LogP contribution in [0.3, 0.4) is 0 Å². The Balaban J connectivity index is 1.23. The van der Waals surface area contributed by atoms with E-state index < -0.39 is 0 Å². The lowest BCUT2D eigenvalue weighted by molar-refractivity contribution is 0.548. The van der Waals surface area contributed by atoms with Crippen LogP contribution in [0.5, 0.6) is 0 Å². The third-order valence-electron chi connectivity index (χ3n) is 5.24. The van der Waals surface area contributed by atoms with Gasteiger partial charge in [0.05, 0.1) is 0 Å². The van der Waals surface area contributed by atoms with Crippen LogP contribution >= 0.6 is 0 Å². The minimum Gasteiger partial charge on any atom is -0.317 e. The normalized spacial score (nSPS) is 11.1. The fourth-order valence-electron chi connectivity index (χ4n) is 3.43. The predicted molar refractivity (Wildman–Crippen MR) is 130 cm³/mol. The van der Waals surface area contributed by atoms with Crippen molar-refractivity contribution in [1.82, 2.24) is 21.3 Å². The largest absolute Gasteiger partial charge is 0.317 e. The Morgan fingerprint density at radius 3 is 1.10 bits per heavy atom. The van der Waals surface area contributed by atoms with Crippen molar-refractivity contribution in [1.29, 1.82) is 0 Å². The molecule has 2 aromatic rings. The first-order chi connectivity index (χ1) is 14.9. The van der Waals surface area contributed by atoms with E-state index in [1.807, 2.05) is 0 Å². The van der Waals surface area contributed by atoms with Crippen LogP contribution in [0.4, 0.5) is 0 Å². The third kappa shape index (κ3) is 13.5. The van der Waals surface area contributed by atoms with Gasteiger partial charge >= 0.3 is 0 Å². The van der Waals surface area contributed by atoms with Crippen molar-refractivity contribution in [3.63, 3.8) is 0 Å². The Bertz CT molecular complexity index is 547. The van der Waals surface area contributed by atoms with Crippen LogP contribution in [-0.2, 0) is 12.8 Å². The van der Waals surface area contributed by atoms with Gasteiger partial charge in [0.25, 0.3) is 0 Å². The molecule has 0 atom stereocenters. The van der Waals surface area contributed by atoms with E-state index >= 15 is 0 Å². The summed E-state index contributed by atoms with van der Waals surface area (Å²) in [5.74, 6) is 0. The van der Waals surface area contributed by atoms with E-state index in [9.17, 15) is 0 Å². The fourth-order valence-corrected chi connectivity index (χ4v) is 3.43. The van der Waals surface area contributed by atoms with Gasteiger partial charge in [-0.1, -0.05) is 60.7 Å². The van der Waals surface area contributed by atoms with E-state index in [1.54, 1.807) is 0 Å². The fraction of sp³-hybridized carbons (Fsp3) is 0.538. The first-order valence-corrected chi connectivity index (χ1v) is 11.9. The smallest absolute Gasteiger partial charge is 0.000834 e. The summed E-state index contributed by atoms with van der Waals surface area (Å²) in [6.07, 6.45) is 7.14. The van der Waals surface area contributed by atoms with Gasteiger partial charge in [0.2, 0.25) is 0 Å². The summed E-state index contributed by atoms with van der Waals surface area (Å²) in [7, 11) is 0. The lowest BCUT2D eigenvalue weighted by Crippen LogP contribution is -2.25. The van der Waals surface area contributed by atoms with E-state index in [2.05, 4.69) is 81.9 Å². The predicted octanol–water partition coefficient (Wildman–Crippen LogP) is 3.39. The van der Waals surface area contributed by atoms with Gasteiger partial charge in [0.15, 0.2) is 0 Å². The number of rotatable bonds is 19. The van der Waals surface area contributed by atoms with E-state index in [4.69, 9.17) is 0 Å². The zero-order valence-electron chi connectivity index (χ0n) is 18.7. The molecule has 2 aromatic carbocycles. The highest BCUT2D eigenvalue weighted by Gasteiger charge is 1.94. The zero-order valence-corrected chi connectivity index (χ0v) is 18.7. The lowest BCUT2D eigenvalue weighted by atomic mass is 10.1. The van der Waals surface area contributed by atoms with E-state index in [0.717, 1.165) is 65.2 Å². The molecule has 0 spiro atoms. The highest BCUT2D eigenvalue weighted by Crippen LogP contribution is 1.98. The van der Waals surface area contributed by atoms with Crippen LogP contribution in [0.15, 0.2) is 60.7 Å². The Kier molecular flexibility index (Phi) is 14.8. The molecule has 30 heavy (non-hydrogen) atoms. The van der Waals surface area contributed by atoms with E-state index in [0.29, 0.717) is 0 Å². The van der Waals surface area contributed by atoms with Gasteiger partial charge in [-0.05, 0) is 102 Å².